The van der Waals surface area contributed by atoms with Crippen LogP contribution in [0.5, 0.6) is 0 Å². The summed E-state index contributed by atoms with van der Waals surface area (Å²) in [5.41, 5.74) is 3.11. The zero-order valence-electron chi connectivity index (χ0n) is 37.0. The fourth-order valence-corrected chi connectivity index (χ4v) is 9.04. The second-order valence-electron chi connectivity index (χ2n) is 15.6. The van der Waals surface area contributed by atoms with Crippen LogP contribution in [-0.2, 0) is 64.3 Å². The van der Waals surface area contributed by atoms with Crippen LogP contribution in [0.3, 0.4) is 0 Å². The third-order valence-corrected chi connectivity index (χ3v) is 13.1. The van der Waals surface area contributed by atoms with Crippen LogP contribution in [-0.4, -0.2) is 141 Å². The molecule has 16 nitrogen and oxygen atoms in total. The summed E-state index contributed by atoms with van der Waals surface area (Å²) in [6.45, 7) is 10.9. The molecule has 2 aliphatic rings. The van der Waals surface area contributed by atoms with Gasteiger partial charge in [-0.1, -0.05) is 18.2 Å². The minimum Gasteiger partial charge on any atom is -0.744 e. The van der Waals surface area contributed by atoms with Crippen molar-refractivity contribution in [2.75, 3.05) is 98.3 Å². The first kappa shape index (κ1) is 51.8. The van der Waals surface area contributed by atoms with Gasteiger partial charge in [0.15, 0.2) is 5.71 Å². The van der Waals surface area contributed by atoms with Gasteiger partial charge in [0.2, 0.25) is 5.69 Å². The SMILES string of the molecule is CCN1/C(=C/C=C/C=C/C2=[N+](CCCCCC(=O)O)c3ccc(S(=O)(=O)[O-])cc3C2(C)CCOCCOCCOC)C(C)(CCOCCOCCOC)c2cc(S(=O)(=O)[O-])ccc21. The van der Waals surface area contributed by atoms with Gasteiger partial charge in [-0.05, 0) is 88.4 Å². The van der Waals surface area contributed by atoms with E-state index in [-0.39, 0.29) is 16.2 Å². The summed E-state index contributed by atoms with van der Waals surface area (Å²) >= 11 is 0. The van der Waals surface area contributed by atoms with Gasteiger partial charge in [0.25, 0.3) is 0 Å². The van der Waals surface area contributed by atoms with Crippen molar-refractivity contribution in [1.82, 2.24) is 0 Å². The molecule has 0 aromatic heterocycles. The largest absolute Gasteiger partial charge is 0.744 e. The Labute approximate surface area is 372 Å². The number of ether oxygens (including phenoxy) is 6. The van der Waals surface area contributed by atoms with Crippen LogP contribution in [0.25, 0.3) is 0 Å². The van der Waals surface area contributed by atoms with Crippen LogP contribution in [0.15, 0.2) is 82.3 Å². The molecule has 350 valence electrons. The number of fused-ring (bicyclic) bond motifs is 2. The number of allylic oxidation sites excluding steroid dienone is 6. The molecule has 0 bridgehead atoms. The maximum atomic E-state index is 12.3. The summed E-state index contributed by atoms with van der Waals surface area (Å²) in [4.78, 5) is 12.7. The molecular weight excluding hydrogens is 857 g/mol. The normalized spacial score (nSPS) is 19.6. The Morgan fingerprint density at radius 1 is 0.714 bits per heavy atom. The van der Waals surface area contributed by atoms with E-state index >= 15 is 0 Å². The van der Waals surface area contributed by atoms with Crippen molar-refractivity contribution in [3.8, 4) is 0 Å². The third-order valence-electron chi connectivity index (χ3n) is 11.4. The summed E-state index contributed by atoms with van der Waals surface area (Å²) < 4.78 is 108. The van der Waals surface area contributed by atoms with Gasteiger partial charge in [-0.3, -0.25) is 4.79 Å². The van der Waals surface area contributed by atoms with E-state index in [1.165, 1.54) is 24.3 Å². The fraction of sp³-hybridized carbons (Fsp3) is 0.556. The zero-order chi connectivity index (χ0) is 46.1. The first-order valence-corrected chi connectivity index (χ1v) is 24.0. The topological polar surface area (TPSA) is 213 Å². The van der Waals surface area contributed by atoms with Crippen molar-refractivity contribution in [2.24, 2.45) is 0 Å². The summed E-state index contributed by atoms with van der Waals surface area (Å²) in [6, 6.07) is 8.89. The molecule has 2 aliphatic heterocycles. The molecule has 0 radical (unpaired) electrons. The number of rotatable bonds is 30. The van der Waals surface area contributed by atoms with Crippen LogP contribution >= 0.6 is 0 Å². The molecule has 18 heteroatoms. The summed E-state index contributed by atoms with van der Waals surface area (Å²) in [6.07, 6.45) is 12.4. The Bertz CT molecular complexity index is 2190. The molecule has 0 saturated heterocycles. The van der Waals surface area contributed by atoms with E-state index < -0.39 is 37.0 Å². The van der Waals surface area contributed by atoms with E-state index in [1.54, 1.807) is 26.4 Å². The highest BCUT2D eigenvalue weighted by Gasteiger charge is 2.48. The average Bonchev–Trinajstić information content (AvgIpc) is 3.61. The number of anilines is 1. The quantitative estimate of drug-likeness (QED) is 0.0448. The molecule has 2 heterocycles. The zero-order valence-corrected chi connectivity index (χ0v) is 38.7. The molecule has 2 aromatic carbocycles. The van der Waals surface area contributed by atoms with Gasteiger partial charge in [0.1, 0.15) is 26.8 Å². The summed E-state index contributed by atoms with van der Waals surface area (Å²) in [5, 5.41) is 9.19. The van der Waals surface area contributed by atoms with Crippen molar-refractivity contribution in [3.63, 3.8) is 0 Å². The Morgan fingerprint density at radius 2 is 1.25 bits per heavy atom. The molecular formula is C45H63N2O14S2-. The number of hydrogen-bond donors (Lipinski definition) is 1. The van der Waals surface area contributed by atoms with E-state index in [9.17, 15) is 35.8 Å². The molecule has 0 aliphatic carbocycles. The Hall–Kier alpha value is -3.82. The number of unbranched alkanes of at least 4 members (excludes halogenated alkanes) is 2. The van der Waals surface area contributed by atoms with Crippen LogP contribution in [0.2, 0.25) is 0 Å². The van der Waals surface area contributed by atoms with Crippen molar-refractivity contribution in [3.05, 3.63) is 83.6 Å². The van der Waals surface area contributed by atoms with Gasteiger partial charge in [-0.15, -0.1) is 0 Å². The highest BCUT2D eigenvalue weighted by atomic mass is 32.2. The molecule has 0 spiro atoms. The van der Waals surface area contributed by atoms with Crippen molar-refractivity contribution >= 4 is 43.3 Å². The maximum Gasteiger partial charge on any atom is 0.303 e. The number of aliphatic carboxylic acids is 1. The highest BCUT2D eigenvalue weighted by Crippen LogP contribution is 2.50. The van der Waals surface area contributed by atoms with Gasteiger partial charge in [0.05, 0.1) is 68.1 Å². The number of likely N-dealkylation sites (N-methyl/N-ethyl adjacent to an activating group) is 1. The average molecular weight is 920 g/mol. The van der Waals surface area contributed by atoms with Gasteiger partial charge in [0, 0.05) is 81.3 Å². The molecule has 2 atom stereocenters. The number of benzene rings is 2. The second-order valence-corrected chi connectivity index (χ2v) is 18.4. The first-order chi connectivity index (χ1) is 30.0. The molecule has 4 rings (SSSR count). The Balaban J connectivity index is 1.69. The lowest BCUT2D eigenvalue weighted by molar-refractivity contribution is -0.438. The van der Waals surface area contributed by atoms with Crippen LogP contribution in [0, 0.1) is 0 Å². The van der Waals surface area contributed by atoms with Crippen LogP contribution in [0.4, 0.5) is 11.4 Å². The van der Waals surface area contributed by atoms with E-state index in [1.807, 2.05) is 51.2 Å². The van der Waals surface area contributed by atoms with Crippen LogP contribution < -0.4 is 4.90 Å². The lowest BCUT2D eigenvalue weighted by Gasteiger charge is -2.30. The lowest BCUT2D eigenvalue weighted by atomic mass is 9.76. The molecule has 2 unspecified atom stereocenters. The summed E-state index contributed by atoms with van der Waals surface area (Å²) in [7, 11) is -6.30. The molecule has 1 N–H and O–H groups in total. The van der Waals surface area contributed by atoms with Gasteiger partial charge in [-0.25, -0.2) is 16.8 Å². The minimum absolute atomic E-state index is 0.0537. The predicted molar refractivity (Wildman–Crippen MR) is 235 cm³/mol. The number of hydrogen-bond acceptors (Lipinski definition) is 14. The monoisotopic (exact) mass is 919 g/mol. The predicted octanol–water partition coefficient (Wildman–Crippen LogP) is 5.43. The minimum atomic E-state index is -4.77. The molecule has 0 fully saturated rings. The van der Waals surface area contributed by atoms with E-state index in [0.29, 0.717) is 122 Å². The molecule has 0 amide bonds. The molecule has 2 aromatic rings. The van der Waals surface area contributed by atoms with Gasteiger partial charge in [-0.2, -0.15) is 4.58 Å². The number of carbonyl (C=O) groups is 1. The molecule has 0 saturated carbocycles. The Kier molecular flexibility index (Phi) is 20.1. The standard InChI is InChI=1S/C45H64N2O14S2/c1-6-46-39-18-16-35(62(50,51)52)33-37(39)44(2,20-23-58-29-31-60-27-25-56-4)41(46)13-9-7-10-14-42-45(3,21-24-59-30-32-61-28-26-57-5)38-34-36(63(53,54)55)17-19-40(38)47(42)22-12-8-11-15-43(48)49/h7,9-10,13-14,16-19,33-34H,6,8,11-12,15,20-32H2,1-5H3,(H2-,48,49,50,51,52,53,54,55)/p-1. The smallest absolute Gasteiger partial charge is 0.303 e. The second kappa shape index (κ2) is 24.5. The van der Waals surface area contributed by atoms with Crippen molar-refractivity contribution < 1.29 is 68.8 Å². The van der Waals surface area contributed by atoms with Crippen LogP contribution in [0.1, 0.15) is 70.4 Å². The lowest BCUT2D eigenvalue weighted by Crippen LogP contribution is -2.33. The number of carboxylic acids is 1. The first-order valence-electron chi connectivity index (χ1n) is 21.2. The molecule has 63 heavy (non-hydrogen) atoms. The van der Waals surface area contributed by atoms with E-state index in [0.717, 1.165) is 22.8 Å². The fourth-order valence-electron chi connectivity index (χ4n) is 8.04. The number of carboxylic acid groups (broad SMARTS) is 1. The number of methoxy groups -OCH3 is 2. The number of nitrogens with zero attached hydrogens (tertiary/aromatic N) is 2. The highest BCUT2D eigenvalue weighted by molar-refractivity contribution is 7.86. The van der Waals surface area contributed by atoms with E-state index in [2.05, 4.69) is 9.48 Å². The van der Waals surface area contributed by atoms with Gasteiger partial charge < -0.3 is 47.5 Å². The van der Waals surface area contributed by atoms with E-state index in [4.69, 9.17) is 28.4 Å². The van der Waals surface area contributed by atoms with Crippen molar-refractivity contribution in [1.29, 1.82) is 0 Å². The van der Waals surface area contributed by atoms with Crippen molar-refractivity contribution in [2.45, 2.75) is 79.9 Å². The summed E-state index contributed by atoms with van der Waals surface area (Å²) in [5.74, 6) is -0.863. The van der Waals surface area contributed by atoms with Gasteiger partial charge >= 0.3 is 5.97 Å². The Morgan fingerprint density at radius 3 is 1.81 bits per heavy atom. The maximum absolute atomic E-state index is 12.3. The third kappa shape index (κ3) is 14.1.